The molecule has 0 amide bonds. The Morgan fingerprint density at radius 3 is 2.44 bits per heavy atom. The van der Waals surface area contributed by atoms with Crippen molar-refractivity contribution in [2.45, 2.75) is 31.9 Å². The molecule has 0 bridgehead atoms. The van der Waals surface area contributed by atoms with E-state index in [1.54, 1.807) is 12.1 Å². The molecule has 1 aliphatic carbocycles. The van der Waals surface area contributed by atoms with Gasteiger partial charge in [0.1, 0.15) is 0 Å². The predicted molar refractivity (Wildman–Crippen MR) is 89.8 cm³/mol. The highest BCUT2D eigenvalue weighted by Crippen LogP contribution is 2.40. The summed E-state index contributed by atoms with van der Waals surface area (Å²) in [4.78, 5) is 4.04. The molecule has 0 atom stereocenters. The first-order valence-electron chi connectivity index (χ1n) is 7.85. The second-order valence-electron chi connectivity index (χ2n) is 6.21. The topological polar surface area (TPSA) is 68.3 Å². The van der Waals surface area contributed by atoms with Crippen LogP contribution < -0.4 is 9.46 Å². The number of nitrogens with zero attached hydrogens (tertiary/aromatic N) is 1. The van der Waals surface area contributed by atoms with Crippen LogP contribution in [0, 0.1) is 11.8 Å². The minimum atomic E-state index is -4.12. The Balaban J connectivity index is 2.08. The van der Waals surface area contributed by atoms with Crippen molar-refractivity contribution in [1.82, 2.24) is 4.98 Å². The normalized spacial score (nSPS) is 22.1. The first kappa shape index (κ1) is 19.6. The van der Waals surface area contributed by atoms with Crippen molar-refractivity contribution >= 4 is 21.8 Å². The number of hydrogen-bond acceptors (Lipinski definition) is 4. The highest BCUT2D eigenvalue weighted by molar-refractivity contribution is 7.92. The van der Waals surface area contributed by atoms with Gasteiger partial charge in [0.2, 0.25) is 15.9 Å². The molecule has 25 heavy (non-hydrogen) atoms. The smallest absolute Gasteiger partial charge is 0.391 e. The summed E-state index contributed by atoms with van der Waals surface area (Å²) in [7, 11) is -1.99. The summed E-state index contributed by atoms with van der Waals surface area (Å²) in [5.41, 5.74) is 0.859. The molecule has 1 heterocycles. The van der Waals surface area contributed by atoms with E-state index in [2.05, 4.69) is 9.71 Å². The van der Waals surface area contributed by atoms with E-state index in [4.69, 9.17) is 4.74 Å². The average Bonchev–Trinajstić information content (AvgIpc) is 2.51. The Morgan fingerprint density at radius 1 is 1.28 bits per heavy atom. The molecule has 0 aromatic carbocycles. The van der Waals surface area contributed by atoms with Gasteiger partial charge in [-0.05, 0) is 37.7 Å². The summed E-state index contributed by atoms with van der Waals surface area (Å²) < 4.78 is 68.2. The maximum absolute atomic E-state index is 12.7. The minimum absolute atomic E-state index is 0.0508. The van der Waals surface area contributed by atoms with Crippen molar-refractivity contribution in [3.63, 3.8) is 0 Å². The maximum atomic E-state index is 12.7. The summed E-state index contributed by atoms with van der Waals surface area (Å²) in [5, 5.41) is 0. The molecule has 0 radical (unpaired) electrons. The number of sulfonamides is 1. The van der Waals surface area contributed by atoms with Gasteiger partial charge in [0.15, 0.2) is 0 Å². The fourth-order valence-corrected chi connectivity index (χ4v) is 3.45. The van der Waals surface area contributed by atoms with E-state index < -0.39 is 22.1 Å². The Hall–Kier alpha value is -1.77. The molecular weight excluding hydrogens is 357 g/mol. The molecule has 5 nitrogen and oxygen atoms in total. The van der Waals surface area contributed by atoms with Gasteiger partial charge in [0, 0.05) is 5.56 Å². The number of nitrogens with one attached hydrogen (secondary N) is 1. The lowest BCUT2D eigenvalue weighted by Gasteiger charge is -2.28. The lowest BCUT2D eigenvalue weighted by Crippen LogP contribution is -2.27. The molecular formula is C16H21F3N2O3S. The van der Waals surface area contributed by atoms with Gasteiger partial charge in [0.05, 0.1) is 31.2 Å². The predicted octanol–water partition coefficient (Wildman–Crippen LogP) is 3.84. The van der Waals surface area contributed by atoms with Crippen molar-refractivity contribution in [1.29, 1.82) is 0 Å². The molecule has 1 aromatic heterocycles. The monoisotopic (exact) mass is 378 g/mol. The van der Waals surface area contributed by atoms with Crippen LogP contribution >= 0.6 is 0 Å². The van der Waals surface area contributed by atoms with Crippen LogP contribution in [0.15, 0.2) is 18.3 Å². The zero-order valence-corrected chi connectivity index (χ0v) is 14.8. The number of methoxy groups -OCH3 is 1. The molecule has 0 aliphatic heterocycles. The zero-order valence-electron chi connectivity index (χ0n) is 14.0. The quantitative estimate of drug-likeness (QED) is 0.845. The van der Waals surface area contributed by atoms with Crippen molar-refractivity contribution in [3.05, 3.63) is 23.9 Å². The maximum Gasteiger partial charge on any atom is 0.391 e. The SMILES string of the molecule is COc1ncc(NS(C)(=O)=O)cc1/C=C/[C@H]1CC[C@H](C(F)(F)F)CC1. The van der Waals surface area contributed by atoms with Gasteiger partial charge in [-0.15, -0.1) is 0 Å². The first-order valence-corrected chi connectivity index (χ1v) is 9.74. The van der Waals surface area contributed by atoms with E-state index in [0.29, 0.717) is 30.0 Å². The van der Waals surface area contributed by atoms with Gasteiger partial charge < -0.3 is 4.74 Å². The van der Waals surface area contributed by atoms with Gasteiger partial charge >= 0.3 is 6.18 Å². The van der Waals surface area contributed by atoms with E-state index in [1.807, 2.05) is 6.08 Å². The second kappa shape index (κ2) is 7.63. The molecule has 0 unspecified atom stereocenters. The van der Waals surface area contributed by atoms with Crippen LogP contribution in [0.5, 0.6) is 5.88 Å². The molecule has 140 valence electrons. The summed E-state index contributed by atoms with van der Waals surface area (Å²) in [5.74, 6) is -0.843. The number of allylic oxidation sites excluding steroid dienone is 1. The molecule has 1 aliphatic rings. The standard InChI is InChI=1S/C16H21F3N2O3S/c1-24-15-12(9-14(10-20-15)21-25(2,22)23)6-3-11-4-7-13(8-5-11)16(17,18)19/h3,6,9-11,13,21H,4-5,7-8H2,1-2H3/b6-3+/t11-,13-. The number of ether oxygens (including phenoxy) is 1. The van der Waals surface area contributed by atoms with Crippen LogP contribution in [-0.4, -0.2) is 32.9 Å². The van der Waals surface area contributed by atoms with Crippen LogP contribution in [0.1, 0.15) is 31.2 Å². The van der Waals surface area contributed by atoms with Crippen molar-refractivity contribution in [3.8, 4) is 5.88 Å². The average molecular weight is 378 g/mol. The fraction of sp³-hybridized carbons (Fsp3) is 0.562. The van der Waals surface area contributed by atoms with E-state index in [-0.39, 0.29) is 18.8 Å². The number of rotatable bonds is 5. The highest BCUT2D eigenvalue weighted by atomic mass is 32.2. The summed E-state index contributed by atoms with van der Waals surface area (Å²) >= 11 is 0. The zero-order chi connectivity index (χ0) is 18.7. The summed E-state index contributed by atoms with van der Waals surface area (Å²) in [6.45, 7) is 0. The number of hydrogen-bond donors (Lipinski definition) is 1. The third-order valence-electron chi connectivity index (χ3n) is 4.16. The number of halogens is 3. The molecule has 1 fully saturated rings. The lowest BCUT2D eigenvalue weighted by molar-refractivity contribution is -0.183. The van der Waals surface area contributed by atoms with E-state index in [9.17, 15) is 21.6 Å². The van der Waals surface area contributed by atoms with Crippen LogP contribution in [0.2, 0.25) is 0 Å². The van der Waals surface area contributed by atoms with Gasteiger partial charge in [-0.25, -0.2) is 13.4 Å². The Bertz CT molecular complexity index is 725. The highest BCUT2D eigenvalue weighted by Gasteiger charge is 2.40. The van der Waals surface area contributed by atoms with Gasteiger partial charge in [-0.2, -0.15) is 13.2 Å². The molecule has 0 saturated heterocycles. The molecule has 1 aromatic rings. The van der Waals surface area contributed by atoms with Gasteiger partial charge in [-0.3, -0.25) is 4.72 Å². The number of pyridine rings is 1. The van der Waals surface area contributed by atoms with E-state index >= 15 is 0 Å². The molecule has 2 rings (SSSR count). The third kappa shape index (κ3) is 5.91. The van der Waals surface area contributed by atoms with Gasteiger partial charge in [0.25, 0.3) is 0 Å². The molecule has 0 spiro atoms. The Labute approximate surface area is 145 Å². The summed E-state index contributed by atoms with van der Waals surface area (Å²) in [6.07, 6.45) is 3.02. The second-order valence-corrected chi connectivity index (χ2v) is 7.96. The largest absolute Gasteiger partial charge is 0.481 e. The number of anilines is 1. The third-order valence-corrected chi connectivity index (χ3v) is 4.76. The first-order chi connectivity index (χ1) is 11.6. The van der Waals surface area contributed by atoms with Crippen molar-refractivity contribution in [2.24, 2.45) is 11.8 Å². The van der Waals surface area contributed by atoms with Crippen LogP contribution in [0.4, 0.5) is 18.9 Å². The minimum Gasteiger partial charge on any atom is -0.481 e. The molecule has 1 N–H and O–H groups in total. The number of aromatic nitrogens is 1. The Morgan fingerprint density at radius 2 is 1.92 bits per heavy atom. The molecule has 9 heteroatoms. The van der Waals surface area contributed by atoms with Crippen LogP contribution in [0.3, 0.4) is 0 Å². The lowest BCUT2D eigenvalue weighted by atomic mass is 9.81. The van der Waals surface area contributed by atoms with Crippen molar-refractivity contribution < 1.29 is 26.3 Å². The van der Waals surface area contributed by atoms with Crippen molar-refractivity contribution in [2.75, 3.05) is 18.1 Å². The molecule has 1 saturated carbocycles. The van der Waals surface area contributed by atoms with Gasteiger partial charge in [-0.1, -0.05) is 12.2 Å². The summed E-state index contributed by atoms with van der Waals surface area (Å²) in [6, 6.07) is 1.57. The fourth-order valence-electron chi connectivity index (χ4n) is 2.91. The van der Waals surface area contributed by atoms with Crippen LogP contribution in [0.25, 0.3) is 6.08 Å². The number of alkyl halides is 3. The Kier molecular flexibility index (Phi) is 5.97. The van der Waals surface area contributed by atoms with E-state index in [1.165, 1.54) is 13.3 Å². The van der Waals surface area contributed by atoms with Crippen LogP contribution in [-0.2, 0) is 10.0 Å². The van der Waals surface area contributed by atoms with E-state index in [0.717, 1.165) is 6.26 Å².